The fourth-order valence-electron chi connectivity index (χ4n) is 3.12. The number of anilines is 2. The summed E-state index contributed by atoms with van der Waals surface area (Å²) in [5, 5.41) is 3.19. The quantitative estimate of drug-likeness (QED) is 0.437. The van der Waals surface area contributed by atoms with Crippen molar-refractivity contribution in [2.75, 3.05) is 10.0 Å². The van der Waals surface area contributed by atoms with Gasteiger partial charge in [-0.15, -0.1) is 0 Å². The first-order valence-corrected chi connectivity index (χ1v) is 11.3. The van der Waals surface area contributed by atoms with Gasteiger partial charge in [-0.05, 0) is 48.9 Å². The summed E-state index contributed by atoms with van der Waals surface area (Å²) in [4.78, 5) is 24.9. The number of carbonyl (C=O) groups is 1. The molecule has 0 radical (unpaired) electrons. The average molecular weight is 469 g/mol. The van der Waals surface area contributed by atoms with Crippen LogP contribution in [-0.4, -0.2) is 14.3 Å². The second kappa shape index (κ2) is 8.49. The molecule has 4 rings (SSSR count). The van der Waals surface area contributed by atoms with Crippen LogP contribution in [0.2, 0.25) is 5.02 Å². The maximum atomic E-state index is 12.9. The summed E-state index contributed by atoms with van der Waals surface area (Å²) in [5.74, 6) is -0.869. The summed E-state index contributed by atoms with van der Waals surface area (Å²) in [6.45, 7) is 1.63. The van der Waals surface area contributed by atoms with Crippen LogP contribution < -0.4 is 15.5 Å². The molecule has 0 unspecified atom stereocenters. The van der Waals surface area contributed by atoms with Crippen LogP contribution in [0.4, 0.5) is 11.4 Å². The van der Waals surface area contributed by atoms with Crippen LogP contribution in [0.5, 0.6) is 0 Å². The summed E-state index contributed by atoms with van der Waals surface area (Å²) in [5.41, 5.74) is 0.853. The lowest BCUT2D eigenvalue weighted by Gasteiger charge is -2.13. The molecule has 0 atom stereocenters. The highest BCUT2D eigenvalue weighted by Gasteiger charge is 2.20. The van der Waals surface area contributed by atoms with Gasteiger partial charge in [0.25, 0.3) is 15.9 Å². The molecule has 162 valence electrons. The molecule has 0 aliphatic heterocycles. The number of rotatable bonds is 5. The molecule has 0 spiro atoms. The molecule has 1 heterocycles. The van der Waals surface area contributed by atoms with E-state index in [2.05, 4.69) is 10.0 Å². The third-order valence-corrected chi connectivity index (χ3v) is 6.55. The van der Waals surface area contributed by atoms with E-state index >= 15 is 0 Å². The van der Waals surface area contributed by atoms with Gasteiger partial charge in [-0.1, -0.05) is 41.9 Å². The monoisotopic (exact) mass is 468 g/mol. The van der Waals surface area contributed by atoms with Gasteiger partial charge in [-0.3, -0.25) is 14.3 Å². The van der Waals surface area contributed by atoms with E-state index in [-0.39, 0.29) is 38.1 Å². The van der Waals surface area contributed by atoms with Crippen LogP contribution in [0.1, 0.15) is 16.1 Å². The van der Waals surface area contributed by atoms with Crippen molar-refractivity contribution in [2.45, 2.75) is 11.8 Å². The van der Waals surface area contributed by atoms with Crippen molar-refractivity contribution in [3.8, 4) is 0 Å². The Balaban J connectivity index is 1.64. The molecular formula is C23H17ClN2O5S. The molecule has 32 heavy (non-hydrogen) atoms. The van der Waals surface area contributed by atoms with E-state index in [1.807, 2.05) is 0 Å². The molecule has 1 amide bonds. The summed E-state index contributed by atoms with van der Waals surface area (Å²) in [6, 6.07) is 18.6. The standard InChI is InChI=1S/C23H17ClN2O5S/c1-14-10-11-15(12-22(14)32(29,30)26-18-8-4-3-7-17(18)24)25-23(28)21-13-19(27)16-6-2-5-9-20(16)31-21/h2-13,26H,1H3,(H,25,28). The van der Waals surface area contributed by atoms with E-state index in [9.17, 15) is 18.0 Å². The summed E-state index contributed by atoms with van der Waals surface area (Å²) >= 11 is 6.06. The number of halogens is 1. The van der Waals surface area contributed by atoms with Gasteiger partial charge in [0.2, 0.25) is 0 Å². The number of para-hydroxylation sites is 2. The van der Waals surface area contributed by atoms with Crippen LogP contribution >= 0.6 is 11.6 Å². The highest BCUT2D eigenvalue weighted by molar-refractivity contribution is 7.92. The first-order chi connectivity index (χ1) is 15.2. The smallest absolute Gasteiger partial charge is 0.291 e. The largest absolute Gasteiger partial charge is 0.451 e. The zero-order chi connectivity index (χ0) is 22.9. The van der Waals surface area contributed by atoms with Gasteiger partial charge in [0.15, 0.2) is 11.2 Å². The molecule has 1 aromatic heterocycles. The van der Waals surface area contributed by atoms with E-state index in [4.69, 9.17) is 16.0 Å². The van der Waals surface area contributed by atoms with Crippen LogP contribution in [0.3, 0.4) is 0 Å². The van der Waals surface area contributed by atoms with Gasteiger partial charge in [0, 0.05) is 11.8 Å². The highest BCUT2D eigenvalue weighted by atomic mass is 35.5. The van der Waals surface area contributed by atoms with Crippen molar-refractivity contribution < 1.29 is 17.6 Å². The molecular weight excluding hydrogens is 452 g/mol. The summed E-state index contributed by atoms with van der Waals surface area (Å²) < 4.78 is 33.8. The Bertz CT molecular complexity index is 1510. The van der Waals surface area contributed by atoms with Gasteiger partial charge >= 0.3 is 0 Å². The van der Waals surface area contributed by atoms with Gasteiger partial charge in [-0.2, -0.15) is 0 Å². The Morgan fingerprint density at radius 1 is 0.969 bits per heavy atom. The Hall–Kier alpha value is -3.62. The van der Waals surface area contributed by atoms with E-state index in [1.165, 1.54) is 6.07 Å². The number of sulfonamides is 1. The van der Waals surface area contributed by atoms with Crippen molar-refractivity contribution in [1.82, 2.24) is 0 Å². The number of amides is 1. The van der Waals surface area contributed by atoms with Crippen molar-refractivity contribution in [1.29, 1.82) is 0 Å². The molecule has 0 aliphatic carbocycles. The van der Waals surface area contributed by atoms with Crippen molar-refractivity contribution in [3.63, 3.8) is 0 Å². The van der Waals surface area contributed by atoms with Crippen LogP contribution in [0.25, 0.3) is 11.0 Å². The second-order valence-electron chi connectivity index (χ2n) is 6.99. The number of hydrogen-bond donors (Lipinski definition) is 2. The lowest BCUT2D eigenvalue weighted by Crippen LogP contribution is -2.17. The van der Waals surface area contributed by atoms with Crippen molar-refractivity contribution in [3.05, 3.63) is 99.4 Å². The second-order valence-corrected chi connectivity index (χ2v) is 9.05. The number of nitrogens with one attached hydrogen (secondary N) is 2. The Morgan fingerprint density at radius 3 is 2.47 bits per heavy atom. The van der Waals surface area contributed by atoms with Crippen molar-refractivity contribution >= 4 is 49.9 Å². The molecule has 0 saturated heterocycles. The van der Waals surface area contributed by atoms with Gasteiger partial charge in [0.05, 0.1) is 21.0 Å². The Morgan fingerprint density at radius 2 is 1.69 bits per heavy atom. The number of carbonyl (C=O) groups excluding carboxylic acids is 1. The third kappa shape index (κ3) is 4.37. The molecule has 4 aromatic rings. The first kappa shape index (κ1) is 21.6. The van der Waals surface area contributed by atoms with E-state index in [0.29, 0.717) is 10.9 Å². The van der Waals surface area contributed by atoms with E-state index in [1.54, 1.807) is 67.6 Å². The Kier molecular flexibility index (Phi) is 5.73. The Labute approximate surface area is 188 Å². The lowest BCUT2D eigenvalue weighted by atomic mass is 10.2. The van der Waals surface area contributed by atoms with Crippen LogP contribution in [0, 0.1) is 6.92 Å². The predicted molar refractivity (Wildman–Crippen MR) is 124 cm³/mol. The minimum absolute atomic E-state index is 0.0322. The molecule has 0 bridgehead atoms. The summed E-state index contributed by atoms with van der Waals surface area (Å²) in [6.07, 6.45) is 0. The molecule has 7 nitrogen and oxygen atoms in total. The number of fused-ring (bicyclic) bond motifs is 1. The molecule has 0 saturated carbocycles. The van der Waals surface area contributed by atoms with E-state index in [0.717, 1.165) is 6.07 Å². The molecule has 9 heteroatoms. The minimum Gasteiger partial charge on any atom is -0.451 e. The maximum Gasteiger partial charge on any atom is 0.291 e. The zero-order valence-electron chi connectivity index (χ0n) is 16.8. The molecule has 0 fully saturated rings. The van der Waals surface area contributed by atoms with Crippen LogP contribution in [-0.2, 0) is 10.0 Å². The van der Waals surface area contributed by atoms with Gasteiger partial charge in [0.1, 0.15) is 5.58 Å². The number of aryl methyl sites for hydroxylation is 1. The van der Waals surface area contributed by atoms with Crippen LogP contribution in [0.15, 0.2) is 86.9 Å². The predicted octanol–water partition coefficient (Wildman–Crippen LogP) is 4.81. The summed E-state index contributed by atoms with van der Waals surface area (Å²) in [7, 11) is -3.98. The van der Waals surface area contributed by atoms with Crippen molar-refractivity contribution in [2.24, 2.45) is 0 Å². The number of benzene rings is 3. The molecule has 0 aliphatic rings. The fraction of sp³-hybridized carbons (Fsp3) is 0.0435. The molecule has 2 N–H and O–H groups in total. The number of hydrogen-bond acceptors (Lipinski definition) is 5. The first-order valence-electron chi connectivity index (χ1n) is 9.47. The average Bonchev–Trinajstić information content (AvgIpc) is 2.76. The SMILES string of the molecule is Cc1ccc(NC(=O)c2cc(=O)c3ccccc3o2)cc1S(=O)(=O)Nc1ccccc1Cl. The third-order valence-electron chi connectivity index (χ3n) is 4.71. The maximum absolute atomic E-state index is 12.9. The topological polar surface area (TPSA) is 105 Å². The van der Waals surface area contributed by atoms with Gasteiger partial charge in [-0.25, -0.2) is 8.42 Å². The van der Waals surface area contributed by atoms with Gasteiger partial charge < -0.3 is 9.73 Å². The molecule has 3 aromatic carbocycles. The lowest BCUT2D eigenvalue weighted by molar-refractivity contribution is 0.0997. The fourth-order valence-corrected chi connectivity index (χ4v) is 4.71. The highest BCUT2D eigenvalue weighted by Crippen LogP contribution is 2.27. The minimum atomic E-state index is -3.98. The van der Waals surface area contributed by atoms with E-state index < -0.39 is 15.9 Å². The zero-order valence-corrected chi connectivity index (χ0v) is 18.3. The normalized spacial score (nSPS) is 11.3.